The number of nitrogen functional groups attached to an aromatic ring is 1. The predicted molar refractivity (Wildman–Crippen MR) is 148 cm³/mol. The van der Waals surface area contributed by atoms with Crippen LogP contribution in [0.4, 0.5) is 10.2 Å². The van der Waals surface area contributed by atoms with Crippen LogP contribution in [0.1, 0.15) is 78.1 Å². The van der Waals surface area contributed by atoms with E-state index in [9.17, 15) is 18.8 Å². The highest BCUT2D eigenvalue weighted by Crippen LogP contribution is 2.21. The minimum Gasteiger partial charge on any atom is -0.462 e. The molecule has 2 atom stereocenters. The molecule has 41 heavy (non-hydrogen) atoms. The predicted octanol–water partition coefficient (Wildman–Crippen LogP) is 3.51. The molecular weight excluding hydrogens is 537 g/mol. The first kappa shape index (κ1) is 33.4. The van der Waals surface area contributed by atoms with E-state index in [0.717, 1.165) is 25.7 Å². The fourth-order valence-corrected chi connectivity index (χ4v) is 3.89. The number of nitrogens with zero attached hydrogens (tertiary/aromatic N) is 4. The number of aromatic nitrogens is 4. The van der Waals surface area contributed by atoms with Gasteiger partial charge in [-0.2, -0.15) is 14.4 Å². The van der Waals surface area contributed by atoms with Gasteiger partial charge in [-0.05, 0) is 19.3 Å². The van der Waals surface area contributed by atoms with Crippen molar-refractivity contribution in [3.8, 4) is 12.3 Å². The molecule has 0 saturated heterocycles. The van der Waals surface area contributed by atoms with E-state index >= 15 is 0 Å². The van der Waals surface area contributed by atoms with Crippen LogP contribution in [0.2, 0.25) is 0 Å². The number of nitrogens with two attached hydrogens (primary N) is 1. The minimum atomic E-state index is -1.26. The van der Waals surface area contributed by atoms with Crippen LogP contribution in [0.25, 0.3) is 11.2 Å². The third-order valence-corrected chi connectivity index (χ3v) is 6.52. The molecule has 0 aliphatic heterocycles. The van der Waals surface area contributed by atoms with Gasteiger partial charge >= 0.3 is 24.0 Å². The van der Waals surface area contributed by atoms with Gasteiger partial charge in [0.05, 0.1) is 6.33 Å². The van der Waals surface area contributed by atoms with Crippen molar-refractivity contribution in [3.63, 3.8) is 0 Å². The summed E-state index contributed by atoms with van der Waals surface area (Å²) in [6.07, 6.45) is 10.7. The van der Waals surface area contributed by atoms with Crippen molar-refractivity contribution < 1.29 is 37.7 Å². The molecule has 12 nitrogen and oxygen atoms in total. The SMILES string of the molecule is C#CC(CCn1cnc2c(N)nc(F)nc21)(COC(=O)CCCC(=O)OC(CC)COC(=O)CCCCCC)OC. The summed E-state index contributed by atoms with van der Waals surface area (Å²) in [6, 6.07) is 0. The molecule has 0 aliphatic rings. The standard InChI is InChI=1S/C28H40FN5O7/c1-5-8-9-10-12-21(35)39-17-20(6-2)41-23(37)14-11-13-22(36)40-18-28(7-3,38-4)15-16-34-19-31-24-25(30)32-27(29)33-26(24)34/h3,19-20H,5-6,8-18H2,1-2,4H3,(H2,30,32,33). The average molecular weight is 578 g/mol. The molecule has 0 bridgehead atoms. The molecule has 0 amide bonds. The lowest BCUT2D eigenvalue weighted by Crippen LogP contribution is -2.37. The quantitative estimate of drug-likeness (QED) is 0.0856. The fourth-order valence-electron chi connectivity index (χ4n) is 3.89. The van der Waals surface area contributed by atoms with Crippen molar-refractivity contribution in [2.45, 2.75) is 96.3 Å². The van der Waals surface area contributed by atoms with E-state index in [1.807, 2.05) is 6.92 Å². The summed E-state index contributed by atoms with van der Waals surface area (Å²) < 4.78 is 36.6. The van der Waals surface area contributed by atoms with Crippen LogP contribution >= 0.6 is 0 Å². The average Bonchev–Trinajstić information content (AvgIpc) is 3.37. The summed E-state index contributed by atoms with van der Waals surface area (Å²) in [4.78, 5) is 47.7. The summed E-state index contributed by atoms with van der Waals surface area (Å²) in [7, 11) is 1.39. The molecule has 0 aromatic carbocycles. The van der Waals surface area contributed by atoms with E-state index in [2.05, 4.69) is 27.8 Å². The van der Waals surface area contributed by atoms with Crippen molar-refractivity contribution >= 4 is 34.9 Å². The van der Waals surface area contributed by atoms with Crippen LogP contribution in [0, 0.1) is 18.4 Å². The van der Waals surface area contributed by atoms with E-state index < -0.39 is 29.7 Å². The number of esters is 3. The number of hydrogen-bond donors (Lipinski definition) is 1. The molecule has 0 fully saturated rings. The Morgan fingerprint density at radius 2 is 1.78 bits per heavy atom. The minimum absolute atomic E-state index is 0.00360. The summed E-state index contributed by atoms with van der Waals surface area (Å²) in [5, 5.41) is 0. The number of fused-ring (bicyclic) bond motifs is 1. The molecule has 2 aromatic rings. The zero-order chi connectivity index (χ0) is 30.3. The fraction of sp³-hybridized carbons (Fsp3) is 0.643. The van der Waals surface area contributed by atoms with Gasteiger partial charge in [0.15, 0.2) is 17.1 Å². The highest BCUT2D eigenvalue weighted by atomic mass is 19.1. The van der Waals surface area contributed by atoms with E-state index in [0.29, 0.717) is 12.8 Å². The number of rotatable bonds is 19. The maximum atomic E-state index is 13.6. The second-order valence-electron chi connectivity index (χ2n) is 9.61. The van der Waals surface area contributed by atoms with Gasteiger partial charge in [0, 0.05) is 39.3 Å². The Hall–Kier alpha value is -3.79. The van der Waals surface area contributed by atoms with Crippen LogP contribution in [-0.4, -0.2) is 69.5 Å². The number of methoxy groups -OCH3 is 1. The molecule has 0 spiro atoms. The third-order valence-electron chi connectivity index (χ3n) is 6.52. The second-order valence-corrected chi connectivity index (χ2v) is 9.61. The summed E-state index contributed by atoms with van der Waals surface area (Å²) in [5.41, 5.74) is 4.89. The zero-order valence-electron chi connectivity index (χ0n) is 24.0. The topological polar surface area (TPSA) is 158 Å². The number of hydrogen-bond acceptors (Lipinski definition) is 11. The Labute approximate surface area is 239 Å². The van der Waals surface area contributed by atoms with Crippen LogP contribution in [0.15, 0.2) is 6.33 Å². The number of anilines is 1. The van der Waals surface area contributed by atoms with Crippen molar-refractivity contribution in [1.82, 2.24) is 19.5 Å². The summed E-state index contributed by atoms with van der Waals surface area (Å²) >= 11 is 0. The van der Waals surface area contributed by atoms with Crippen LogP contribution in [0.5, 0.6) is 0 Å². The Morgan fingerprint density at radius 3 is 2.46 bits per heavy atom. The Balaban J connectivity index is 1.74. The van der Waals surface area contributed by atoms with Crippen molar-refractivity contribution in [1.29, 1.82) is 0 Å². The van der Waals surface area contributed by atoms with Crippen molar-refractivity contribution in [3.05, 3.63) is 12.4 Å². The van der Waals surface area contributed by atoms with E-state index in [-0.39, 0.29) is 68.4 Å². The maximum Gasteiger partial charge on any atom is 0.312 e. The van der Waals surface area contributed by atoms with Gasteiger partial charge in [0.1, 0.15) is 24.8 Å². The smallest absolute Gasteiger partial charge is 0.312 e. The van der Waals surface area contributed by atoms with Gasteiger partial charge in [0.25, 0.3) is 0 Å². The Kier molecular flexibility index (Phi) is 14.0. The van der Waals surface area contributed by atoms with Crippen LogP contribution in [0.3, 0.4) is 0 Å². The van der Waals surface area contributed by atoms with E-state index in [1.54, 1.807) is 4.57 Å². The second kappa shape index (κ2) is 17.1. The number of unbranched alkanes of at least 4 members (excludes halogenated alkanes) is 3. The molecular formula is C28H40FN5O7. The highest BCUT2D eigenvalue weighted by Gasteiger charge is 2.30. The normalized spacial score (nSPS) is 13.2. The molecule has 2 heterocycles. The first-order chi connectivity index (χ1) is 19.7. The summed E-state index contributed by atoms with van der Waals surface area (Å²) in [6.45, 7) is 3.92. The lowest BCUT2D eigenvalue weighted by molar-refractivity contribution is -0.159. The lowest BCUT2D eigenvalue weighted by atomic mass is 10.0. The number of ether oxygens (including phenoxy) is 4. The number of carbonyl (C=O) groups excluding carboxylic acids is 3. The molecule has 2 aromatic heterocycles. The molecule has 226 valence electrons. The van der Waals surface area contributed by atoms with Crippen molar-refractivity contribution in [2.24, 2.45) is 0 Å². The lowest BCUT2D eigenvalue weighted by Gasteiger charge is -2.26. The number of aryl methyl sites for hydroxylation is 1. The molecule has 0 radical (unpaired) electrons. The Morgan fingerprint density at radius 1 is 1.07 bits per heavy atom. The molecule has 2 rings (SSSR count). The number of terminal acetylenes is 1. The molecule has 2 N–H and O–H groups in total. The van der Waals surface area contributed by atoms with E-state index in [4.69, 9.17) is 31.1 Å². The first-order valence-corrected chi connectivity index (χ1v) is 13.8. The van der Waals surface area contributed by atoms with Gasteiger partial charge in [-0.15, -0.1) is 6.42 Å². The summed E-state index contributed by atoms with van der Waals surface area (Å²) in [5.74, 6) is 1.08. The molecule has 0 saturated carbocycles. The number of imidazole rings is 1. The highest BCUT2D eigenvalue weighted by molar-refractivity contribution is 5.81. The molecule has 0 aliphatic carbocycles. The van der Waals surface area contributed by atoms with E-state index in [1.165, 1.54) is 13.4 Å². The van der Waals surface area contributed by atoms with Gasteiger partial charge in [-0.3, -0.25) is 14.4 Å². The first-order valence-electron chi connectivity index (χ1n) is 13.8. The third kappa shape index (κ3) is 11.0. The van der Waals surface area contributed by atoms with Gasteiger partial charge in [0.2, 0.25) is 0 Å². The number of halogens is 1. The molecule has 13 heteroatoms. The zero-order valence-corrected chi connectivity index (χ0v) is 24.0. The monoisotopic (exact) mass is 577 g/mol. The van der Waals surface area contributed by atoms with Gasteiger partial charge in [-0.25, -0.2) is 4.98 Å². The largest absolute Gasteiger partial charge is 0.462 e. The van der Waals surface area contributed by atoms with Gasteiger partial charge in [-0.1, -0.05) is 39.0 Å². The van der Waals surface area contributed by atoms with Crippen LogP contribution in [-0.2, 0) is 39.9 Å². The number of carbonyl (C=O) groups is 3. The molecule has 2 unspecified atom stereocenters. The van der Waals surface area contributed by atoms with Gasteiger partial charge < -0.3 is 29.2 Å². The maximum absolute atomic E-state index is 13.6. The Bertz CT molecular complexity index is 1200. The van der Waals surface area contributed by atoms with Crippen molar-refractivity contribution in [2.75, 3.05) is 26.1 Å². The van der Waals surface area contributed by atoms with Crippen LogP contribution < -0.4 is 5.73 Å².